The zero-order chi connectivity index (χ0) is 22.7. The lowest BCUT2D eigenvalue weighted by atomic mass is 10.2. The highest BCUT2D eigenvalue weighted by molar-refractivity contribution is 5.89. The minimum atomic E-state index is -0.540. The summed E-state index contributed by atoms with van der Waals surface area (Å²) in [7, 11) is 0. The number of anilines is 1. The number of ether oxygens (including phenoxy) is 1. The van der Waals surface area contributed by atoms with Crippen molar-refractivity contribution in [2.75, 3.05) is 11.9 Å². The Kier molecular flexibility index (Phi) is 5.89. The molecule has 11 nitrogen and oxygen atoms in total. The van der Waals surface area contributed by atoms with E-state index in [2.05, 4.69) is 36.0 Å². The van der Waals surface area contributed by atoms with E-state index in [0.717, 1.165) is 18.4 Å². The highest BCUT2D eigenvalue weighted by Crippen LogP contribution is 2.20. The predicted octanol–water partition coefficient (Wildman–Crippen LogP) is 2.70. The van der Waals surface area contributed by atoms with Crippen LogP contribution in [0.1, 0.15) is 33.6 Å². The van der Waals surface area contributed by atoms with E-state index in [0.29, 0.717) is 35.8 Å². The summed E-state index contributed by atoms with van der Waals surface area (Å²) in [6, 6.07) is 3.44. The van der Waals surface area contributed by atoms with Crippen LogP contribution in [0.5, 0.6) is 0 Å². The largest absolute Gasteiger partial charge is 0.444 e. The van der Waals surface area contributed by atoms with Crippen LogP contribution in [-0.2, 0) is 11.3 Å². The smallest absolute Gasteiger partial charge is 0.407 e. The van der Waals surface area contributed by atoms with Gasteiger partial charge in [0.2, 0.25) is 0 Å². The summed E-state index contributed by atoms with van der Waals surface area (Å²) >= 11 is 0. The Bertz CT molecular complexity index is 1130. The lowest BCUT2D eigenvalue weighted by molar-refractivity contribution is 0.0525. The molecule has 1 aliphatic carbocycles. The van der Waals surface area contributed by atoms with Gasteiger partial charge in [-0.15, -0.1) is 0 Å². The lowest BCUT2D eigenvalue weighted by Gasteiger charge is -2.19. The van der Waals surface area contributed by atoms with Crippen molar-refractivity contribution in [3.05, 3.63) is 30.7 Å². The van der Waals surface area contributed by atoms with E-state index in [4.69, 9.17) is 4.74 Å². The van der Waals surface area contributed by atoms with E-state index < -0.39 is 11.7 Å². The van der Waals surface area contributed by atoms with Gasteiger partial charge in [0, 0.05) is 24.3 Å². The van der Waals surface area contributed by atoms with Gasteiger partial charge in [0.25, 0.3) is 0 Å². The molecule has 11 heteroatoms. The second-order valence-electron chi connectivity index (χ2n) is 8.59. The summed E-state index contributed by atoms with van der Waals surface area (Å²) < 4.78 is 6.91. The first kappa shape index (κ1) is 21.5. The number of hydrogen-bond acceptors (Lipinski definition) is 7. The van der Waals surface area contributed by atoms with Gasteiger partial charge >= 0.3 is 12.1 Å². The van der Waals surface area contributed by atoms with Crippen molar-refractivity contribution in [1.29, 1.82) is 0 Å². The fourth-order valence-corrected chi connectivity index (χ4v) is 2.88. The number of fused-ring (bicyclic) bond motifs is 1. The zero-order valence-corrected chi connectivity index (χ0v) is 18.3. The Hall–Kier alpha value is -3.76. The normalized spacial score (nSPS) is 13.6. The van der Waals surface area contributed by atoms with Gasteiger partial charge in [0.15, 0.2) is 5.65 Å². The van der Waals surface area contributed by atoms with Crippen molar-refractivity contribution < 1.29 is 14.3 Å². The molecule has 0 aromatic carbocycles. The minimum Gasteiger partial charge on any atom is -0.444 e. The predicted molar refractivity (Wildman–Crippen MR) is 118 cm³/mol. The highest BCUT2D eigenvalue weighted by Gasteiger charge is 2.23. The van der Waals surface area contributed by atoms with Gasteiger partial charge in [-0.05, 0) is 45.7 Å². The van der Waals surface area contributed by atoms with Crippen LogP contribution >= 0.6 is 0 Å². The third-order valence-corrected chi connectivity index (χ3v) is 4.50. The maximum absolute atomic E-state index is 11.9. The molecule has 3 amide bonds. The molecule has 1 aliphatic rings. The van der Waals surface area contributed by atoms with E-state index in [-0.39, 0.29) is 12.1 Å². The average Bonchev–Trinajstić information content (AvgIpc) is 3.39. The quantitative estimate of drug-likeness (QED) is 0.538. The monoisotopic (exact) mass is 438 g/mol. The maximum Gasteiger partial charge on any atom is 0.407 e. The van der Waals surface area contributed by atoms with Gasteiger partial charge in [-0.25, -0.2) is 19.6 Å². The summed E-state index contributed by atoms with van der Waals surface area (Å²) in [5.41, 5.74) is 1.88. The van der Waals surface area contributed by atoms with Crippen LogP contribution in [0.15, 0.2) is 30.7 Å². The Labute approximate surface area is 185 Å². The third kappa shape index (κ3) is 5.90. The zero-order valence-electron chi connectivity index (χ0n) is 18.3. The number of rotatable bonds is 6. The molecular weight excluding hydrogens is 412 g/mol. The average molecular weight is 438 g/mol. The molecule has 0 aliphatic heterocycles. The first-order valence-corrected chi connectivity index (χ1v) is 10.5. The fraction of sp³-hybridized carbons (Fsp3) is 0.429. The number of amides is 3. The van der Waals surface area contributed by atoms with Crippen LogP contribution in [0.2, 0.25) is 0 Å². The van der Waals surface area contributed by atoms with Gasteiger partial charge in [0.1, 0.15) is 16.9 Å². The molecule has 3 aromatic heterocycles. The Morgan fingerprint density at radius 3 is 2.75 bits per heavy atom. The van der Waals surface area contributed by atoms with E-state index in [1.807, 2.05) is 27.0 Å². The van der Waals surface area contributed by atoms with Crippen molar-refractivity contribution in [3.63, 3.8) is 0 Å². The van der Waals surface area contributed by atoms with Gasteiger partial charge < -0.3 is 15.4 Å². The molecule has 0 radical (unpaired) electrons. The molecule has 3 N–H and O–H groups in total. The molecule has 0 saturated heterocycles. The Morgan fingerprint density at radius 1 is 1.19 bits per heavy atom. The van der Waals surface area contributed by atoms with Crippen LogP contribution in [0, 0.1) is 0 Å². The molecule has 3 aromatic rings. The molecule has 0 unspecified atom stereocenters. The van der Waals surface area contributed by atoms with Gasteiger partial charge in [-0.2, -0.15) is 5.10 Å². The highest BCUT2D eigenvalue weighted by atomic mass is 16.6. The van der Waals surface area contributed by atoms with E-state index >= 15 is 0 Å². The Balaban J connectivity index is 1.39. The molecular formula is C21H26N8O3. The summed E-state index contributed by atoms with van der Waals surface area (Å²) in [6.45, 7) is 6.29. The molecule has 1 saturated carbocycles. The van der Waals surface area contributed by atoms with E-state index in [9.17, 15) is 9.59 Å². The van der Waals surface area contributed by atoms with Gasteiger partial charge in [0.05, 0.1) is 24.6 Å². The van der Waals surface area contributed by atoms with Crippen molar-refractivity contribution in [2.45, 2.75) is 51.8 Å². The molecule has 0 spiro atoms. The number of alkyl carbamates (subject to hydrolysis) is 1. The van der Waals surface area contributed by atoms with Crippen molar-refractivity contribution >= 4 is 29.1 Å². The molecule has 4 rings (SSSR count). The number of nitrogens with one attached hydrogen (secondary N) is 3. The summed E-state index contributed by atoms with van der Waals surface area (Å²) in [5, 5.41) is 12.6. The molecule has 0 atom stereocenters. The van der Waals surface area contributed by atoms with Gasteiger partial charge in [-0.1, -0.05) is 0 Å². The topological polar surface area (TPSA) is 136 Å². The molecule has 168 valence electrons. The fourth-order valence-electron chi connectivity index (χ4n) is 2.88. The molecule has 3 heterocycles. The standard InChI is InChI=1S/C21H26N8O3/c1-21(2,3)32-20(31)22-8-9-29-12-13(10-24-29)16-11-23-15-6-7-17(27-18(15)26-16)28-19(30)25-14-4-5-14/h6-7,10-12,14H,4-5,8-9H2,1-3H3,(H,22,31)(H2,25,26,27,28,30). The van der Waals surface area contributed by atoms with Crippen LogP contribution in [0.25, 0.3) is 22.4 Å². The third-order valence-electron chi connectivity index (χ3n) is 4.50. The Morgan fingerprint density at radius 2 is 2.00 bits per heavy atom. The number of carbonyl (C=O) groups is 2. The number of hydrogen-bond donors (Lipinski definition) is 3. The number of pyridine rings is 1. The first-order valence-electron chi connectivity index (χ1n) is 10.5. The van der Waals surface area contributed by atoms with Crippen LogP contribution in [-0.4, -0.2) is 55.0 Å². The molecule has 0 bridgehead atoms. The minimum absolute atomic E-state index is 0.262. The number of carbonyl (C=O) groups excluding carboxylic acids is 2. The number of nitrogens with zero attached hydrogens (tertiary/aromatic N) is 5. The first-order chi connectivity index (χ1) is 15.2. The maximum atomic E-state index is 11.9. The van der Waals surface area contributed by atoms with Crippen LogP contribution in [0.3, 0.4) is 0 Å². The second kappa shape index (κ2) is 8.77. The van der Waals surface area contributed by atoms with Crippen molar-refractivity contribution in [2.24, 2.45) is 0 Å². The van der Waals surface area contributed by atoms with Crippen LogP contribution in [0.4, 0.5) is 15.4 Å². The van der Waals surface area contributed by atoms with Crippen molar-refractivity contribution in [1.82, 2.24) is 35.4 Å². The van der Waals surface area contributed by atoms with Crippen LogP contribution < -0.4 is 16.0 Å². The number of aromatic nitrogens is 5. The lowest BCUT2D eigenvalue weighted by Crippen LogP contribution is -2.34. The molecule has 1 fully saturated rings. The van der Waals surface area contributed by atoms with Gasteiger partial charge in [-0.3, -0.25) is 15.0 Å². The SMILES string of the molecule is CC(C)(C)OC(=O)NCCn1cc(-c2cnc3ccc(NC(=O)NC4CC4)nc3n2)cn1. The summed E-state index contributed by atoms with van der Waals surface area (Å²) in [5.74, 6) is 0.408. The van der Waals surface area contributed by atoms with Crippen molar-refractivity contribution in [3.8, 4) is 11.3 Å². The van der Waals surface area contributed by atoms with E-state index in [1.54, 1.807) is 29.2 Å². The summed E-state index contributed by atoms with van der Waals surface area (Å²) in [6.07, 6.45) is 6.70. The summed E-state index contributed by atoms with van der Waals surface area (Å²) in [4.78, 5) is 37.0. The molecule has 32 heavy (non-hydrogen) atoms. The number of urea groups is 1. The second-order valence-corrected chi connectivity index (χ2v) is 8.59. The van der Waals surface area contributed by atoms with E-state index in [1.165, 1.54) is 0 Å².